The molecule has 1 aliphatic rings. The number of hydrogen-bond donors (Lipinski definition) is 2. The van der Waals surface area contributed by atoms with E-state index in [0.717, 1.165) is 30.8 Å². The fourth-order valence-electron chi connectivity index (χ4n) is 2.59. The molecule has 0 radical (unpaired) electrons. The number of nitrogen functional groups attached to an aromatic ring is 1. The highest BCUT2D eigenvalue weighted by molar-refractivity contribution is 5.48. The Morgan fingerprint density at radius 1 is 1.44 bits per heavy atom. The van der Waals surface area contributed by atoms with E-state index in [1.165, 1.54) is 12.8 Å². The highest BCUT2D eigenvalue weighted by Crippen LogP contribution is 2.26. The number of aliphatic hydroxyl groups excluding tert-OH is 1. The summed E-state index contributed by atoms with van der Waals surface area (Å²) in [6, 6.07) is 6.04. The fourth-order valence-corrected chi connectivity index (χ4v) is 2.59. The first-order valence-corrected chi connectivity index (χ1v) is 6.52. The second-order valence-corrected chi connectivity index (χ2v) is 4.87. The maximum absolute atomic E-state index is 9.42. The van der Waals surface area contributed by atoms with E-state index in [1.807, 2.05) is 18.2 Å². The number of nitrogens with zero attached hydrogens (tertiary/aromatic N) is 1. The van der Waals surface area contributed by atoms with E-state index in [9.17, 15) is 5.11 Å². The summed E-state index contributed by atoms with van der Waals surface area (Å²) in [6.45, 7) is 2.09. The van der Waals surface area contributed by atoms with Gasteiger partial charge in [0, 0.05) is 29.9 Å². The SMILES string of the molecule is COc1cc(N)ccc1CN1CCCCC1CO. The van der Waals surface area contributed by atoms with Crippen molar-refractivity contribution in [3.05, 3.63) is 23.8 Å². The highest BCUT2D eigenvalue weighted by Gasteiger charge is 2.22. The molecule has 0 amide bonds. The van der Waals surface area contributed by atoms with Crippen LogP contribution in [0.4, 0.5) is 5.69 Å². The van der Waals surface area contributed by atoms with Gasteiger partial charge in [0.05, 0.1) is 13.7 Å². The van der Waals surface area contributed by atoms with Crippen molar-refractivity contribution in [1.29, 1.82) is 0 Å². The average Bonchev–Trinajstić information content (AvgIpc) is 2.41. The maximum atomic E-state index is 9.42. The molecule has 0 aromatic heterocycles. The molecule has 1 saturated heterocycles. The lowest BCUT2D eigenvalue weighted by Crippen LogP contribution is -2.41. The summed E-state index contributed by atoms with van der Waals surface area (Å²) in [5, 5.41) is 9.42. The molecule has 1 atom stereocenters. The Labute approximate surface area is 108 Å². The molecule has 0 spiro atoms. The summed E-state index contributed by atoms with van der Waals surface area (Å²) >= 11 is 0. The minimum absolute atomic E-state index is 0.233. The Kier molecular flexibility index (Phi) is 4.44. The van der Waals surface area contributed by atoms with Gasteiger partial charge in [0.25, 0.3) is 0 Å². The van der Waals surface area contributed by atoms with Crippen molar-refractivity contribution in [3.8, 4) is 5.75 Å². The number of rotatable bonds is 4. The minimum Gasteiger partial charge on any atom is -0.496 e. The first kappa shape index (κ1) is 13.2. The van der Waals surface area contributed by atoms with Gasteiger partial charge < -0.3 is 15.6 Å². The molecule has 3 N–H and O–H groups in total. The van der Waals surface area contributed by atoms with E-state index in [-0.39, 0.29) is 12.6 Å². The van der Waals surface area contributed by atoms with E-state index in [0.29, 0.717) is 5.69 Å². The van der Waals surface area contributed by atoms with Crippen LogP contribution in [0.3, 0.4) is 0 Å². The van der Waals surface area contributed by atoms with Crippen LogP contribution in [0, 0.1) is 0 Å². The Morgan fingerprint density at radius 2 is 2.28 bits per heavy atom. The zero-order valence-electron chi connectivity index (χ0n) is 10.9. The number of piperidine rings is 1. The number of aliphatic hydroxyl groups is 1. The summed E-state index contributed by atoms with van der Waals surface area (Å²) in [7, 11) is 1.66. The molecule has 1 unspecified atom stereocenters. The second kappa shape index (κ2) is 6.07. The molecule has 1 heterocycles. The summed E-state index contributed by atoms with van der Waals surface area (Å²) < 4.78 is 5.37. The lowest BCUT2D eigenvalue weighted by atomic mass is 10.0. The van der Waals surface area contributed by atoms with Crippen LogP contribution in [0.5, 0.6) is 5.75 Å². The molecule has 2 rings (SSSR count). The van der Waals surface area contributed by atoms with Crippen molar-refractivity contribution in [2.45, 2.75) is 31.8 Å². The number of ether oxygens (including phenoxy) is 1. The number of methoxy groups -OCH3 is 1. The molecule has 1 fully saturated rings. The maximum Gasteiger partial charge on any atom is 0.125 e. The molecule has 0 aliphatic carbocycles. The van der Waals surface area contributed by atoms with Gasteiger partial charge in [0.2, 0.25) is 0 Å². The number of nitrogens with two attached hydrogens (primary N) is 1. The summed E-state index contributed by atoms with van der Waals surface area (Å²) in [5.74, 6) is 0.831. The van der Waals surface area contributed by atoms with Gasteiger partial charge in [-0.2, -0.15) is 0 Å². The van der Waals surface area contributed by atoms with Gasteiger partial charge in [0.1, 0.15) is 5.75 Å². The van der Waals surface area contributed by atoms with Gasteiger partial charge >= 0.3 is 0 Å². The molecular weight excluding hydrogens is 228 g/mol. The van der Waals surface area contributed by atoms with Crippen LogP contribution in [-0.2, 0) is 6.54 Å². The molecule has 4 nitrogen and oxygen atoms in total. The van der Waals surface area contributed by atoms with Crippen LogP contribution in [-0.4, -0.2) is 36.3 Å². The average molecular weight is 250 g/mol. The van der Waals surface area contributed by atoms with E-state index in [2.05, 4.69) is 4.90 Å². The predicted molar refractivity (Wildman–Crippen MR) is 72.5 cm³/mol. The van der Waals surface area contributed by atoms with Gasteiger partial charge in [-0.15, -0.1) is 0 Å². The largest absolute Gasteiger partial charge is 0.496 e. The molecule has 0 saturated carbocycles. The minimum atomic E-state index is 0.233. The standard InChI is InChI=1S/C14H22N2O2/c1-18-14-8-12(15)6-5-11(14)9-16-7-3-2-4-13(16)10-17/h5-6,8,13,17H,2-4,7,9-10,15H2,1H3. The van der Waals surface area contributed by atoms with E-state index in [4.69, 9.17) is 10.5 Å². The summed E-state index contributed by atoms with van der Waals surface area (Å²) in [5.41, 5.74) is 7.60. The van der Waals surface area contributed by atoms with Crippen molar-refractivity contribution in [3.63, 3.8) is 0 Å². The van der Waals surface area contributed by atoms with Crippen LogP contribution >= 0.6 is 0 Å². The van der Waals surface area contributed by atoms with Crippen LogP contribution in [0.15, 0.2) is 18.2 Å². The Morgan fingerprint density at radius 3 is 3.00 bits per heavy atom. The molecule has 100 valence electrons. The number of anilines is 1. The zero-order valence-corrected chi connectivity index (χ0v) is 10.9. The number of likely N-dealkylation sites (tertiary alicyclic amines) is 1. The number of hydrogen-bond acceptors (Lipinski definition) is 4. The lowest BCUT2D eigenvalue weighted by molar-refractivity contribution is 0.0834. The first-order chi connectivity index (χ1) is 8.74. The van der Waals surface area contributed by atoms with Crippen LogP contribution in [0.2, 0.25) is 0 Å². The smallest absolute Gasteiger partial charge is 0.125 e. The van der Waals surface area contributed by atoms with E-state index in [1.54, 1.807) is 7.11 Å². The Balaban J connectivity index is 2.12. The van der Waals surface area contributed by atoms with E-state index < -0.39 is 0 Å². The Bertz CT molecular complexity index is 395. The van der Waals surface area contributed by atoms with E-state index >= 15 is 0 Å². The van der Waals surface area contributed by atoms with Gasteiger partial charge in [-0.05, 0) is 25.5 Å². The molecule has 4 heteroatoms. The van der Waals surface area contributed by atoms with Gasteiger partial charge in [-0.3, -0.25) is 4.90 Å². The normalized spacial score (nSPS) is 20.9. The highest BCUT2D eigenvalue weighted by atomic mass is 16.5. The molecule has 0 bridgehead atoms. The van der Waals surface area contributed by atoms with Crippen molar-refractivity contribution in [1.82, 2.24) is 4.90 Å². The second-order valence-electron chi connectivity index (χ2n) is 4.87. The Hall–Kier alpha value is -1.26. The van der Waals surface area contributed by atoms with Gasteiger partial charge in [0.15, 0.2) is 0 Å². The van der Waals surface area contributed by atoms with Gasteiger partial charge in [-0.25, -0.2) is 0 Å². The molecule has 1 aromatic rings. The number of benzene rings is 1. The quantitative estimate of drug-likeness (QED) is 0.797. The summed E-state index contributed by atoms with van der Waals surface area (Å²) in [4.78, 5) is 2.33. The predicted octanol–water partition coefficient (Wildman–Crippen LogP) is 1.62. The van der Waals surface area contributed by atoms with Gasteiger partial charge in [-0.1, -0.05) is 12.5 Å². The molecule has 18 heavy (non-hydrogen) atoms. The first-order valence-electron chi connectivity index (χ1n) is 6.52. The molecular formula is C14H22N2O2. The third-order valence-corrected chi connectivity index (χ3v) is 3.64. The zero-order chi connectivity index (χ0) is 13.0. The molecule has 1 aliphatic heterocycles. The fraction of sp³-hybridized carbons (Fsp3) is 0.571. The van der Waals surface area contributed by atoms with Crippen LogP contribution in [0.1, 0.15) is 24.8 Å². The van der Waals surface area contributed by atoms with Crippen molar-refractivity contribution < 1.29 is 9.84 Å². The van der Waals surface area contributed by atoms with Crippen molar-refractivity contribution in [2.75, 3.05) is 26.0 Å². The van der Waals surface area contributed by atoms with Crippen molar-refractivity contribution in [2.24, 2.45) is 0 Å². The summed E-state index contributed by atoms with van der Waals surface area (Å²) in [6.07, 6.45) is 3.49. The monoisotopic (exact) mass is 250 g/mol. The molecule has 1 aromatic carbocycles. The topological polar surface area (TPSA) is 58.7 Å². The van der Waals surface area contributed by atoms with Crippen molar-refractivity contribution >= 4 is 5.69 Å². The van der Waals surface area contributed by atoms with Crippen LogP contribution < -0.4 is 10.5 Å². The lowest BCUT2D eigenvalue weighted by Gasteiger charge is -2.34. The third-order valence-electron chi connectivity index (χ3n) is 3.64. The third kappa shape index (κ3) is 2.94. The van der Waals surface area contributed by atoms with Crippen LogP contribution in [0.25, 0.3) is 0 Å².